The molecule has 1 N–H and O–H groups in total. The van der Waals surface area contributed by atoms with Crippen LogP contribution in [0.15, 0.2) is 48.5 Å². The number of hydrogen-bond donors (Lipinski definition) is 1. The second kappa shape index (κ2) is 6.79. The Labute approximate surface area is 139 Å². The number of carbonyl (C=O) groups is 1. The predicted molar refractivity (Wildman–Crippen MR) is 94.5 cm³/mol. The summed E-state index contributed by atoms with van der Waals surface area (Å²) in [7, 11) is 0. The van der Waals surface area contributed by atoms with Crippen LogP contribution in [0.4, 0.5) is 10.8 Å². The van der Waals surface area contributed by atoms with Gasteiger partial charge in [0.25, 0.3) is 0 Å². The van der Waals surface area contributed by atoms with E-state index in [0.29, 0.717) is 18.1 Å². The fraction of sp³-hybridized carbons (Fsp3) is 0.222. The molecule has 0 atom stereocenters. The van der Waals surface area contributed by atoms with E-state index in [1.54, 1.807) is 6.07 Å². The molecule has 3 rings (SSSR count). The van der Waals surface area contributed by atoms with Crippen molar-refractivity contribution < 1.29 is 9.53 Å². The smallest absolute Gasteiger partial charge is 0.338 e. The van der Waals surface area contributed by atoms with Crippen LogP contribution in [0.2, 0.25) is 0 Å². The molecule has 0 spiro atoms. The summed E-state index contributed by atoms with van der Waals surface area (Å²) in [6.07, 6.45) is 0. The van der Waals surface area contributed by atoms with E-state index >= 15 is 0 Å². The van der Waals surface area contributed by atoms with Crippen LogP contribution < -0.4 is 5.32 Å². The summed E-state index contributed by atoms with van der Waals surface area (Å²) >= 11 is 1.52. The Kier molecular flexibility index (Phi) is 4.57. The van der Waals surface area contributed by atoms with E-state index in [1.165, 1.54) is 11.3 Å². The van der Waals surface area contributed by atoms with Gasteiger partial charge in [-0.1, -0.05) is 43.4 Å². The highest BCUT2D eigenvalue weighted by Crippen LogP contribution is 2.29. The third-order valence-electron chi connectivity index (χ3n) is 3.20. The summed E-state index contributed by atoms with van der Waals surface area (Å²) < 4.78 is 6.23. The number of nitrogens with zero attached hydrogens (tertiary/aromatic N) is 1. The number of carbonyl (C=O) groups excluding carboxylic acids is 1. The van der Waals surface area contributed by atoms with Crippen molar-refractivity contribution in [1.82, 2.24) is 4.98 Å². The maximum atomic E-state index is 12.0. The molecule has 3 aromatic rings. The zero-order chi connectivity index (χ0) is 16.2. The summed E-state index contributed by atoms with van der Waals surface area (Å²) in [6.45, 7) is 4.46. The molecule has 4 nitrogen and oxygen atoms in total. The van der Waals surface area contributed by atoms with E-state index in [0.717, 1.165) is 21.0 Å². The lowest BCUT2D eigenvalue weighted by Gasteiger charge is -2.06. The highest BCUT2D eigenvalue weighted by molar-refractivity contribution is 7.22. The second-order valence-electron chi connectivity index (χ2n) is 5.68. The number of nitrogens with one attached hydrogen (secondary N) is 1. The van der Waals surface area contributed by atoms with Gasteiger partial charge in [-0.3, -0.25) is 0 Å². The van der Waals surface area contributed by atoms with E-state index < -0.39 is 0 Å². The van der Waals surface area contributed by atoms with Crippen molar-refractivity contribution in [3.05, 3.63) is 54.1 Å². The Morgan fingerprint density at radius 3 is 2.74 bits per heavy atom. The second-order valence-corrected chi connectivity index (χ2v) is 6.72. The van der Waals surface area contributed by atoms with Crippen LogP contribution in [0.25, 0.3) is 10.2 Å². The fourth-order valence-electron chi connectivity index (χ4n) is 2.08. The van der Waals surface area contributed by atoms with Gasteiger partial charge in [-0.25, -0.2) is 9.78 Å². The molecule has 0 bridgehead atoms. The zero-order valence-electron chi connectivity index (χ0n) is 13.1. The number of hydrogen-bond acceptors (Lipinski definition) is 5. The Balaban J connectivity index is 1.79. The minimum atomic E-state index is -0.286. The highest BCUT2D eigenvalue weighted by Gasteiger charge is 2.11. The molecular formula is C18H18N2O2S. The highest BCUT2D eigenvalue weighted by atomic mass is 32.1. The molecule has 0 unspecified atom stereocenters. The van der Waals surface area contributed by atoms with Crippen molar-refractivity contribution in [2.45, 2.75) is 13.8 Å². The first-order valence-electron chi connectivity index (χ1n) is 7.51. The molecule has 0 saturated carbocycles. The van der Waals surface area contributed by atoms with E-state index in [2.05, 4.69) is 10.3 Å². The van der Waals surface area contributed by atoms with E-state index in [9.17, 15) is 4.79 Å². The molecule has 0 aliphatic carbocycles. The van der Waals surface area contributed by atoms with Crippen molar-refractivity contribution in [2.75, 3.05) is 11.9 Å². The molecule has 0 aliphatic heterocycles. The van der Waals surface area contributed by atoms with E-state index in [-0.39, 0.29) is 5.97 Å². The van der Waals surface area contributed by atoms with E-state index in [1.807, 2.05) is 56.3 Å². The van der Waals surface area contributed by atoms with Crippen LogP contribution in [0.3, 0.4) is 0 Å². The zero-order valence-corrected chi connectivity index (χ0v) is 13.9. The topological polar surface area (TPSA) is 51.2 Å². The van der Waals surface area contributed by atoms with Gasteiger partial charge < -0.3 is 10.1 Å². The molecule has 0 amide bonds. The first-order chi connectivity index (χ1) is 11.1. The predicted octanol–water partition coefficient (Wildman–Crippen LogP) is 4.85. The van der Waals surface area contributed by atoms with Crippen LogP contribution in [-0.4, -0.2) is 17.6 Å². The Hall–Kier alpha value is -2.40. The van der Waals surface area contributed by atoms with Gasteiger partial charge in [0.1, 0.15) is 0 Å². The number of fused-ring (bicyclic) bond motifs is 1. The summed E-state index contributed by atoms with van der Waals surface area (Å²) in [6, 6.07) is 15.3. The average molecular weight is 326 g/mol. The molecule has 0 saturated heterocycles. The molecule has 0 fully saturated rings. The number of esters is 1. The van der Waals surface area contributed by atoms with Gasteiger partial charge >= 0.3 is 5.97 Å². The monoisotopic (exact) mass is 326 g/mol. The molecular weight excluding hydrogens is 308 g/mol. The van der Waals surface area contributed by atoms with Crippen LogP contribution >= 0.6 is 11.3 Å². The molecule has 5 heteroatoms. The van der Waals surface area contributed by atoms with Crippen LogP contribution in [0.5, 0.6) is 0 Å². The van der Waals surface area contributed by atoms with Gasteiger partial charge in [-0.2, -0.15) is 0 Å². The minimum Gasteiger partial charge on any atom is -0.462 e. The average Bonchev–Trinajstić information content (AvgIpc) is 2.94. The molecule has 118 valence electrons. The van der Waals surface area contributed by atoms with Gasteiger partial charge in [-0.05, 0) is 36.2 Å². The number of rotatable bonds is 5. The molecule has 0 aliphatic rings. The minimum absolute atomic E-state index is 0.286. The van der Waals surface area contributed by atoms with E-state index in [4.69, 9.17) is 4.74 Å². The van der Waals surface area contributed by atoms with Crippen LogP contribution in [0.1, 0.15) is 24.2 Å². The first-order valence-corrected chi connectivity index (χ1v) is 8.33. The van der Waals surface area contributed by atoms with Crippen molar-refractivity contribution in [1.29, 1.82) is 0 Å². The maximum absolute atomic E-state index is 12.0. The molecule has 23 heavy (non-hydrogen) atoms. The number of anilines is 2. The molecule has 0 radical (unpaired) electrons. The molecule has 1 aromatic heterocycles. The summed E-state index contributed by atoms with van der Waals surface area (Å²) in [5, 5.41) is 4.08. The number of para-hydroxylation sites is 1. The summed E-state index contributed by atoms with van der Waals surface area (Å²) in [4.78, 5) is 16.6. The number of ether oxygens (including phenoxy) is 1. The van der Waals surface area contributed by atoms with Gasteiger partial charge in [-0.15, -0.1) is 0 Å². The van der Waals surface area contributed by atoms with Crippen molar-refractivity contribution in [2.24, 2.45) is 5.92 Å². The van der Waals surface area contributed by atoms with Crippen LogP contribution in [0, 0.1) is 5.92 Å². The lowest BCUT2D eigenvalue weighted by atomic mass is 10.2. The third kappa shape index (κ3) is 3.87. The Morgan fingerprint density at radius 1 is 1.22 bits per heavy atom. The quantitative estimate of drug-likeness (QED) is 0.681. The number of aromatic nitrogens is 1. The maximum Gasteiger partial charge on any atom is 0.338 e. The van der Waals surface area contributed by atoms with Gasteiger partial charge in [0.2, 0.25) is 0 Å². The normalized spacial score (nSPS) is 10.9. The Bertz CT molecular complexity index is 812. The van der Waals surface area contributed by atoms with Gasteiger partial charge in [0, 0.05) is 5.69 Å². The lowest BCUT2D eigenvalue weighted by Crippen LogP contribution is -2.09. The van der Waals surface area contributed by atoms with Crippen LogP contribution in [-0.2, 0) is 4.74 Å². The van der Waals surface area contributed by atoms with Crippen molar-refractivity contribution >= 4 is 38.3 Å². The first kappa shape index (κ1) is 15.5. The Morgan fingerprint density at radius 2 is 2.00 bits per heavy atom. The molecule has 2 aromatic carbocycles. The molecule has 1 heterocycles. The third-order valence-corrected chi connectivity index (χ3v) is 4.13. The summed E-state index contributed by atoms with van der Waals surface area (Å²) in [5.41, 5.74) is 2.42. The van der Waals surface area contributed by atoms with Gasteiger partial charge in [0.05, 0.1) is 22.4 Å². The van der Waals surface area contributed by atoms with Crippen molar-refractivity contribution in [3.8, 4) is 0 Å². The fourth-order valence-corrected chi connectivity index (χ4v) is 3.00. The largest absolute Gasteiger partial charge is 0.462 e. The standard InChI is InChI=1S/C18H18N2O2S/c1-12(2)11-22-17(21)13-8-9-15-16(10-13)23-18(20-15)19-14-6-4-3-5-7-14/h3-10,12H,11H2,1-2H3,(H,19,20). The lowest BCUT2D eigenvalue weighted by molar-refractivity contribution is 0.0459. The summed E-state index contributed by atoms with van der Waals surface area (Å²) in [5.74, 6) is 0.0410. The number of benzene rings is 2. The SMILES string of the molecule is CC(C)COC(=O)c1ccc2nc(Nc3ccccc3)sc2c1. The van der Waals surface area contributed by atoms with Gasteiger partial charge in [0.15, 0.2) is 5.13 Å². The van der Waals surface area contributed by atoms with Crippen molar-refractivity contribution in [3.63, 3.8) is 0 Å². The number of thiazole rings is 1.